The number of phenols is 1. The number of hydrogen-bond donors (Lipinski definition) is 4. The number of primary amides is 1. The van der Waals surface area contributed by atoms with Crippen LogP contribution in [0.1, 0.15) is 27.6 Å². The molecule has 0 aliphatic carbocycles. The van der Waals surface area contributed by atoms with Crippen LogP contribution in [0.15, 0.2) is 42.5 Å². The van der Waals surface area contributed by atoms with Crippen molar-refractivity contribution < 1.29 is 24.5 Å². The predicted octanol–water partition coefficient (Wildman–Crippen LogP) is 1.86. The van der Waals surface area contributed by atoms with Gasteiger partial charge < -0.3 is 26.4 Å². The van der Waals surface area contributed by atoms with Crippen LogP contribution in [-0.4, -0.2) is 28.7 Å². The first-order valence-electron chi connectivity index (χ1n) is 6.70. The van der Waals surface area contributed by atoms with Crippen LogP contribution in [-0.2, 0) is 0 Å². The van der Waals surface area contributed by atoms with E-state index < -0.39 is 11.9 Å². The van der Waals surface area contributed by atoms with Crippen molar-refractivity contribution in [1.82, 2.24) is 0 Å². The van der Waals surface area contributed by atoms with Gasteiger partial charge in [-0.15, -0.1) is 0 Å². The Morgan fingerprint density at radius 2 is 1.78 bits per heavy atom. The van der Waals surface area contributed by atoms with Crippen molar-refractivity contribution in [1.29, 1.82) is 0 Å². The lowest BCUT2D eigenvalue weighted by atomic mass is 10.2. The van der Waals surface area contributed by atoms with Gasteiger partial charge in [-0.05, 0) is 31.2 Å². The summed E-state index contributed by atoms with van der Waals surface area (Å²) < 4.78 is 5.20. The Morgan fingerprint density at radius 1 is 1.13 bits per heavy atom. The highest BCUT2D eigenvalue weighted by Crippen LogP contribution is 2.19. The summed E-state index contributed by atoms with van der Waals surface area (Å²) in [6, 6.07) is 10.8. The van der Waals surface area contributed by atoms with E-state index in [0.717, 1.165) is 0 Å². The van der Waals surface area contributed by atoms with Gasteiger partial charge in [-0.3, -0.25) is 4.79 Å². The molecule has 2 aromatic carbocycles. The molecule has 0 atom stereocenters. The molecule has 0 bridgehead atoms. The normalized spacial score (nSPS) is 9.43. The van der Waals surface area contributed by atoms with Crippen molar-refractivity contribution in [3.8, 4) is 11.5 Å². The van der Waals surface area contributed by atoms with Crippen molar-refractivity contribution in [2.24, 2.45) is 5.73 Å². The zero-order valence-corrected chi connectivity index (χ0v) is 12.5. The number of carboxylic acids is 1. The Hall–Kier alpha value is -3.22. The number of nitrogen functional groups attached to an aromatic ring is 1. The van der Waals surface area contributed by atoms with E-state index in [1.165, 1.54) is 18.2 Å². The van der Waals surface area contributed by atoms with Crippen molar-refractivity contribution in [2.45, 2.75) is 6.92 Å². The van der Waals surface area contributed by atoms with E-state index in [0.29, 0.717) is 23.6 Å². The molecule has 7 heteroatoms. The number of aromatic hydroxyl groups is 1. The van der Waals surface area contributed by atoms with Gasteiger partial charge in [-0.2, -0.15) is 0 Å². The fraction of sp³-hybridized carbons (Fsp3) is 0.125. The first kappa shape index (κ1) is 17.8. The molecule has 0 saturated heterocycles. The van der Waals surface area contributed by atoms with Gasteiger partial charge in [-0.1, -0.05) is 12.1 Å². The summed E-state index contributed by atoms with van der Waals surface area (Å²) in [5, 5.41) is 17.5. The number of nitrogens with two attached hydrogens (primary N) is 2. The molecule has 2 rings (SSSR count). The van der Waals surface area contributed by atoms with Gasteiger partial charge in [-0.25, -0.2) is 4.79 Å². The monoisotopic (exact) mass is 318 g/mol. The van der Waals surface area contributed by atoms with Crippen molar-refractivity contribution in [3.05, 3.63) is 53.6 Å². The Kier molecular flexibility index (Phi) is 6.42. The number of aromatic carboxylic acids is 1. The Bertz CT molecular complexity index is 701. The first-order chi connectivity index (χ1) is 10.9. The van der Waals surface area contributed by atoms with Gasteiger partial charge in [0.05, 0.1) is 12.2 Å². The smallest absolute Gasteiger partial charge is 0.339 e. The summed E-state index contributed by atoms with van der Waals surface area (Å²) in [4.78, 5) is 21.2. The van der Waals surface area contributed by atoms with Crippen LogP contribution >= 0.6 is 0 Å². The van der Waals surface area contributed by atoms with E-state index >= 15 is 0 Å². The van der Waals surface area contributed by atoms with Crippen LogP contribution in [0.3, 0.4) is 0 Å². The topological polar surface area (TPSA) is 136 Å². The highest BCUT2D eigenvalue weighted by molar-refractivity contribution is 5.95. The summed E-state index contributed by atoms with van der Waals surface area (Å²) in [7, 11) is 0. The van der Waals surface area contributed by atoms with E-state index in [9.17, 15) is 9.59 Å². The third-order valence-corrected chi connectivity index (χ3v) is 2.70. The standard InChI is InChI=1S/C9H11NO2.C7H7NO3/c1-2-12-8-6-4-3-5-7(8)9(10)11;8-4-1-2-5(7(10)11)6(9)3-4/h3-6H,2H2,1H3,(H2,10,11);1-3,9H,8H2,(H,10,11). The second-order valence-corrected chi connectivity index (χ2v) is 4.38. The Labute approximate surface area is 133 Å². The van der Waals surface area contributed by atoms with Crippen LogP contribution in [0.5, 0.6) is 11.5 Å². The number of hydrogen-bond acceptors (Lipinski definition) is 5. The van der Waals surface area contributed by atoms with E-state index in [2.05, 4.69) is 0 Å². The maximum absolute atomic E-state index is 10.8. The van der Waals surface area contributed by atoms with Gasteiger partial charge in [0.15, 0.2) is 0 Å². The second kappa shape index (κ2) is 8.28. The minimum atomic E-state index is -1.16. The average Bonchev–Trinajstić information content (AvgIpc) is 2.48. The summed E-state index contributed by atoms with van der Waals surface area (Å²) in [6.45, 7) is 2.39. The molecule has 6 N–H and O–H groups in total. The number of carbonyl (C=O) groups is 2. The number of carbonyl (C=O) groups excluding carboxylic acids is 1. The molecule has 0 saturated carbocycles. The Balaban J connectivity index is 0.000000231. The van der Waals surface area contributed by atoms with E-state index in [4.69, 9.17) is 26.4 Å². The van der Waals surface area contributed by atoms with Gasteiger partial charge in [0.2, 0.25) is 0 Å². The minimum absolute atomic E-state index is 0.140. The van der Waals surface area contributed by atoms with Crippen LogP contribution in [0.25, 0.3) is 0 Å². The maximum atomic E-state index is 10.8. The van der Waals surface area contributed by atoms with Crippen LogP contribution in [0.2, 0.25) is 0 Å². The fourth-order valence-corrected chi connectivity index (χ4v) is 1.68. The van der Waals surface area contributed by atoms with Crippen LogP contribution in [0, 0.1) is 0 Å². The quantitative estimate of drug-likeness (QED) is 0.635. The summed E-state index contributed by atoms with van der Waals surface area (Å²) in [5.41, 5.74) is 11.0. The molecular weight excluding hydrogens is 300 g/mol. The third kappa shape index (κ3) is 5.24. The molecule has 0 fully saturated rings. The molecule has 122 valence electrons. The van der Waals surface area contributed by atoms with E-state index in [1.54, 1.807) is 24.3 Å². The van der Waals surface area contributed by atoms with Crippen molar-refractivity contribution in [3.63, 3.8) is 0 Å². The zero-order chi connectivity index (χ0) is 17.4. The number of rotatable bonds is 4. The number of carboxylic acid groups (broad SMARTS) is 1. The molecule has 23 heavy (non-hydrogen) atoms. The van der Waals surface area contributed by atoms with E-state index in [-0.39, 0.29) is 11.3 Å². The van der Waals surface area contributed by atoms with Gasteiger partial charge in [0, 0.05) is 11.8 Å². The number of ether oxygens (including phenoxy) is 1. The van der Waals surface area contributed by atoms with Crippen molar-refractivity contribution in [2.75, 3.05) is 12.3 Å². The molecule has 0 heterocycles. The number of anilines is 1. The fourth-order valence-electron chi connectivity index (χ4n) is 1.68. The summed E-state index contributed by atoms with van der Waals surface area (Å²) in [6.07, 6.45) is 0. The molecule has 0 radical (unpaired) electrons. The molecule has 0 spiro atoms. The van der Waals surface area contributed by atoms with Crippen LogP contribution < -0.4 is 16.2 Å². The van der Waals surface area contributed by atoms with Gasteiger partial charge in [0.25, 0.3) is 5.91 Å². The molecule has 0 unspecified atom stereocenters. The molecular formula is C16H18N2O5. The number of para-hydroxylation sites is 1. The third-order valence-electron chi connectivity index (χ3n) is 2.70. The lowest BCUT2D eigenvalue weighted by molar-refractivity contribution is 0.0693. The average molecular weight is 318 g/mol. The second-order valence-electron chi connectivity index (χ2n) is 4.38. The maximum Gasteiger partial charge on any atom is 0.339 e. The molecule has 0 aliphatic rings. The summed E-state index contributed by atoms with van der Waals surface area (Å²) in [5.74, 6) is -1.38. The van der Waals surface area contributed by atoms with Crippen LogP contribution in [0.4, 0.5) is 5.69 Å². The SMILES string of the molecule is CCOc1ccccc1C(N)=O.Nc1ccc(C(=O)O)c(O)c1. The summed E-state index contributed by atoms with van der Waals surface area (Å²) >= 11 is 0. The first-order valence-corrected chi connectivity index (χ1v) is 6.70. The van der Waals surface area contributed by atoms with Gasteiger partial charge >= 0.3 is 5.97 Å². The highest BCUT2D eigenvalue weighted by Gasteiger charge is 2.08. The molecule has 2 aromatic rings. The highest BCUT2D eigenvalue weighted by atomic mass is 16.5. The predicted molar refractivity (Wildman–Crippen MR) is 85.6 cm³/mol. The van der Waals surface area contributed by atoms with Gasteiger partial charge in [0.1, 0.15) is 17.1 Å². The molecule has 7 nitrogen and oxygen atoms in total. The molecule has 0 aromatic heterocycles. The van der Waals surface area contributed by atoms with Crippen molar-refractivity contribution >= 4 is 17.6 Å². The molecule has 1 amide bonds. The lowest BCUT2D eigenvalue weighted by Gasteiger charge is -2.05. The zero-order valence-electron chi connectivity index (χ0n) is 12.5. The van der Waals surface area contributed by atoms with E-state index in [1.807, 2.05) is 6.92 Å². The Morgan fingerprint density at radius 3 is 2.30 bits per heavy atom. The minimum Gasteiger partial charge on any atom is -0.507 e. The largest absolute Gasteiger partial charge is 0.507 e. The lowest BCUT2D eigenvalue weighted by Crippen LogP contribution is -2.12. The molecule has 0 aliphatic heterocycles. The number of amides is 1. The number of benzene rings is 2.